The maximum absolute atomic E-state index is 12.2. The molecule has 0 radical (unpaired) electrons. The lowest BCUT2D eigenvalue weighted by Gasteiger charge is -2.13. The predicted octanol–water partition coefficient (Wildman–Crippen LogP) is 3.91. The molecular weight excluding hydrogens is 320 g/mol. The van der Waals surface area contributed by atoms with E-state index in [1.165, 1.54) is 16.9 Å². The summed E-state index contributed by atoms with van der Waals surface area (Å²) in [7, 11) is 0. The third-order valence-electron chi connectivity index (χ3n) is 3.98. The Kier molecular flexibility index (Phi) is 5.78. The second-order valence-electron chi connectivity index (χ2n) is 6.05. The molecule has 0 saturated carbocycles. The van der Waals surface area contributed by atoms with Crippen molar-refractivity contribution in [2.75, 3.05) is 11.9 Å². The molecule has 0 aliphatic heterocycles. The Morgan fingerprint density at radius 3 is 2.21 bits per heavy atom. The van der Waals surface area contributed by atoms with E-state index in [0.717, 1.165) is 33.7 Å². The van der Waals surface area contributed by atoms with Crippen LogP contribution in [0.5, 0.6) is 0 Å². The summed E-state index contributed by atoms with van der Waals surface area (Å²) in [6.45, 7) is 10.00. The van der Waals surface area contributed by atoms with Gasteiger partial charge in [-0.25, -0.2) is 0 Å². The molecule has 0 unspecified atom stereocenters. The Balaban J connectivity index is 1.97. The van der Waals surface area contributed by atoms with Crippen molar-refractivity contribution >= 4 is 28.8 Å². The van der Waals surface area contributed by atoms with Crippen LogP contribution in [0.15, 0.2) is 18.2 Å². The fourth-order valence-corrected chi connectivity index (χ4v) is 3.82. The first-order valence-corrected chi connectivity index (χ1v) is 8.88. The monoisotopic (exact) mass is 344 g/mol. The minimum Gasteiger partial charge on any atom is -0.342 e. The van der Waals surface area contributed by atoms with E-state index in [1.54, 1.807) is 0 Å². The van der Waals surface area contributed by atoms with E-state index in [-0.39, 0.29) is 18.4 Å². The van der Waals surface area contributed by atoms with E-state index in [1.807, 2.05) is 45.9 Å². The van der Waals surface area contributed by atoms with Gasteiger partial charge in [0.05, 0.1) is 11.4 Å². The number of rotatable bonds is 5. The molecule has 4 nitrogen and oxygen atoms in total. The van der Waals surface area contributed by atoms with Gasteiger partial charge in [-0.1, -0.05) is 24.6 Å². The standard InChI is InChI=1S/C19H24N2O2S/c1-6-15-9-16(24-14(15)5)19(23)20-10-17(22)21-18-12(3)7-11(2)8-13(18)4/h7-9H,6,10H2,1-5H3,(H,20,23)(H,21,22). The van der Waals surface area contributed by atoms with Crippen LogP contribution in [0.1, 0.15) is 43.7 Å². The largest absolute Gasteiger partial charge is 0.342 e. The molecule has 0 aliphatic rings. The summed E-state index contributed by atoms with van der Waals surface area (Å²) in [6.07, 6.45) is 0.905. The van der Waals surface area contributed by atoms with Crippen molar-refractivity contribution < 1.29 is 9.59 Å². The number of hydrogen-bond donors (Lipinski definition) is 2. The number of amides is 2. The number of benzene rings is 1. The Bertz CT molecular complexity index is 755. The zero-order valence-electron chi connectivity index (χ0n) is 14.9. The average Bonchev–Trinajstić information content (AvgIpc) is 2.89. The first-order valence-electron chi connectivity index (χ1n) is 8.07. The summed E-state index contributed by atoms with van der Waals surface area (Å²) in [5, 5.41) is 5.58. The minimum atomic E-state index is -0.220. The van der Waals surface area contributed by atoms with Crippen LogP contribution < -0.4 is 10.6 Å². The Labute approximate surface area is 147 Å². The van der Waals surface area contributed by atoms with Crippen LogP contribution >= 0.6 is 11.3 Å². The average molecular weight is 344 g/mol. The van der Waals surface area contributed by atoms with Gasteiger partial charge in [-0.15, -0.1) is 11.3 Å². The smallest absolute Gasteiger partial charge is 0.261 e. The van der Waals surface area contributed by atoms with Gasteiger partial charge in [-0.3, -0.25) is 9.59 Å². The van der Waals surface area contributed by atoms with E-state index in [4.69, 9.17) is 0 Å². The van der Waals surface area contributed by atoms with Crippen LogP contribution in [0.4, 0.5) is 5.69 Å². The first-order chi connectivity index (χ1) is 11.3. The highest BCUT2D eigenvalue weighted by Crippen LogP contribution is 2.23. The summed E-state index contributed by atoms with van der Waals surface area (Å²) in [5.41, 5.74) is 5.21. The molecule has 2 rings (SSSR count). The topological polar surface area (TPSA) is 58.2 Å². The Morgan fingerprint density at radius 2 is 1.67 bits per heavy atom. The highest BCUT2D eigenvalue weighted by Gasteiger charge is 2.14. The third kappa shape index (κ3) is 4.23. The number of hydrogen-bond acceptors (Lipinski definition) is 3. The summed E-state index contributed by atoms with van der Waals surface area (Å²) in [6, 6.07) is 5.96. The van der Waals surface area contributed by atoms with Crippen LogP contribution in [-0.4, -0.2) is 18.4 Å². The highest BCUT2D eigenvalue weighted by atomic mass is 32.1. The van der Waals surface area contributed by atoms with Crippen molar-refractivity contribution in [3.8, 4) is 0 Å². The molecule has 0 saturated heterocycles. The normalized spacial score (nSPS) is 10.5. The zero-order chi connectivity index (χ0) is 17.9. The SMILES string of the molecule is CCc1cc(C(=O)NCC(=O)Nc2c(C)cc(C)cc2C)sc1C. The van der Waals surface area contributed by atoms with Gasteiger partial charge < -0.3 is 10.6 Å². The molecule has 5 heteroatoms. The van der Waals surface area contributed by atoms with Crippen molar-refractivity contribution in [1.29, 1.82) is 0 Å². The molecule has 128 valence electrons. The van der Waals surface area contributed by atoms with E-state index in [0.29, 0.717) is 4.88 Å². The Hall–Kier alpha value is -2.14. The van der Waals surface area contributed by atoms with Crippen LogP contribution in [0.2, 0.25) is 0 Å². The van der Waals surface area contributed by atoms with Crippen LogP contribution in [0.25, 0.3) is 0 Å². The summed E-state index contributed by atoms with van der Waals surface area (Å²) in [4.78, 5) is 26.1. The number of thiophene rings is 1. The first kappa shape index (κ1) is 18.2. The number of carbonyl (C=O) groups excluding carboxylic acids is 2. The van der Waals surface area contributed by atoms with E-state index in [2.05, 4.69) is 17.6 Å². The quantitative estimate of drug-likeness (QED) is 0.864. The number of anilines is 1. The van der Waals surface area contributed by atoms with E-state index in [9.17, 15) is 9.59 Å². The number of carbonyl (C=O) groups is 2. The van der Waals surface area contributed by atoms with Gasteiger partial charge in [-0.2, -0.15) is 0 Å². The number of aryl methyl sites for hydroxylation is 5. The van der Waals surface area contributed by atoms with Crippen LogP contribution in [0, 0.1) is 27.7 Å². The summed E-state index contributed by atoms with van der Waals surface area (Å²) < 4.78 is 0. The third-order valence-corrected chi connectivity index (χ3v) is 5.07. The van der Waals surface area contributed by atoms with Gasteiger partial charge in [0.25, 0.3) is 5.91 Å². The van der Waals surface area contributed by atoms with Gasteiger partial charge in [0, 0.05) is 10.6 Å². The van der Waals surface area contributed by atoms with Crippen LogP contribution in [-0.2, 0) is 11.2 Å². The molecule has 24 heavy (non-hydrogen) atoms. The van der Waals surface area contributed by atoms with Crippen molar-refractivity contribution in [3.05, 3.63) is 50.2 Å². The molecule has 0 aliphatic carbocycles. The maximum Gasteiger partial charge on any atom is 0.261 e. The van der Waals surface area contributed by atoms with Crippen LogP contribution in [0.3, 0.4) is 0 Å². The van der Waals surface area contributed by atoms with Gasteiger partial charge in [0.15, 0.2) is 0 Å². The summed E-state index contributed by atoms with van der Waals surface area (Å²) in [5.74, 6) is -0.419. The van der Waals surface area contributed by atoms with Gasteiger partial charge in [0.2, 0.25) is 5.91 Å². The highest BCUT2D eigenvalue weighted by molar-refractivity contribution is 7.14. The van der Waals surface area contributed by atoms with Crippen molar-refractivity contribution in [1.82, 2.24) is 5.32 Å². The summed E-state index contributed by atoms with van der Waals surface area (Å²) >= 11 is 1.47. The molecule has 0 bridgehead atoms. The number of nitrogens with one attached hydrogen (secondary N) is 2. The Morgan fingerprint density at radius 1 is 1.04 bits per heavy atom. The minimum absolute atomic E-state index is 0.0377. The van der Waals surface area contributed by atoms with E-state index < -0.39 is 0 Å². The second kappa shape index (κ2) is 7.62. The zero-order valence-corrected chi connectivity index (χ0v) is 15.7. The van der Waals surface area contributed by atoms with E-state index >= 15 is 0 Å². The maximum atomic E-state index is 12.2. The molecular formula is C19H24N2O2S. The fraction of sp³-hybridized carbons (Fsp3) is 0.368. The molecule has 1 heterocycles. The molecule has 2 N–H and O–H groups in total. The fourth-order valence-electron chi connectivity index (χ4n) is 2.79. The molecule has 1 aromatic carbocycles. The lowest BCUT2D eigenvalue weighted by Crippen LogP contribution is -2.32. The lowest BCUT2D eigenvalue weighted by atomic mass is 10.1. The molecule has 2 amide bonds. The van der Waals surface area contributed by atoms with Crippen molar-refractivity contribution in [3.63, 3.8) is 0 Å². The van der Waals surface area contributed by atoms with Gasteiger partial charge in [-0.05, 0) is 56.9 Å². The van der Waals surface area contributed by atoms with Gasteiger partial charge >= 0.3 is 0 Å². The molecule has 0 spiro atoms. The lowest BCUT2D eigenvalue weighted by molar-refractivity contribution is -0.115. The second-order valence-corrected chi connectivity index (χ2v) is 7.31. The predicted molar refractivity (Wildman–Crippen MR) is 100 cm³/mol. The van der Waals surface area contributed by atoms with Crippen molar-refractivity contribution in [2.45, 2.75) is 41.0 Å². The molecule has 0 fully saturated rings. The molecule has 0 atom stereocenters. The van der Waals surface area contributed by atoms with Gasteiger partial charge in [0.1, 0.15) is 0 Å². The van der Waals surface area contributed by atoms with Crippen molar-refractivity contribution in [2.24, 2.45) is 0 Å². The molecule has 2 aromatic rings. The molecule has 1 aromatic heterocycles.